The largest absolute Gasteiger partial charge is 0.381 e. The zero-order valence-electron chi connectivity index (χ0n) is 15.3. The summed E-state index contributed by atoms with van der Waals surface area (Å²) in [6, 6.07) is 0. The number of rotatable bonds is 10. The first-order valence-electron chi connectivity index (χ1n) is 8.90. The molecule has 3 N–H and O–H groups in total. The molecular weight excluding hydrogens is 403 g/mol. The van der Waals surface area contributed by atoms with Crippen LogP contribution in [0.25, 0.3) is 0 Å². The van der Waals surface area contributed by atoms with Gasteiger partial charge in [0, 0.05) is 25.3 Å². The van der Waals surface area contributed by atoms with Gasteiger partial charge in [-0.25, -0.2) is 0 Å². The predicted octanol–water partition coefficient (Wildman–Crippen LogP) is 2.98. The molecule has 1 saturated heterocycles. The number of hydrogen-bond acceptors (Lipinski definition) is 3. The predicted molar refractivity (Wildman–Crippen MR) is 110 cm³/mol. The summed E-state index contributed by atoms with van der Waals surface area (Å²) in [6.45, 7) is 5.56. The van der Waals surface area contributed by atoms with Crippen LogP contribution in [0.15, 0.2) is 4.99 Å². The molecule has 138 valence electrons. The molecule has 5 nitrogen and oxygen atoms in total. The lowest BCUT2D eigenvalue weighted by Gasteiger charge is -2.41. The van der Waals surface area contributed by atoms with E-state index in [0.717, 1.165) is 39.1 Å². The van der Waals surface area contributed by atoms with Crippen LogP contribution in [-0.2, 0) is 4.74 Å². The minimum atomic E-state index is 0. The number of guanidine groups is 1. The van der Waals surface area contributed by atoms with E-state index in [9.17, 15) is 0 Å². The molecule has 0 atom stereocenters. The number of hydrogen-bond donors (Lipinski definition) is 2. The number of likely N-dealkylation sites (N-methyl/N-ethyl adjacent to an activating group) is 1. The summed E-state index contributed by atoms with van der Waals surface area (Å²) in [4.78, 5) is 6.85. The Morgan fingerprint density at radius 3 is 2.35 bits per heavy atom. The van der Waals surface area contributed by atoms with Crippen LogP contribution in [0, 0.1) is 0 Å². The molecule has 0 bridgehead atoms. The highest BCUT2D eigenvalue weighted by Crippen LogP contribution is 2.26. The lowest BCUT2D eigenvalue weighted by molar-refractivity contribution is -0.00252. The van der Waals surface area contributed by atoms with Gasteiger partial charge in [-0.2, -0.15) is 0 Å². The van der Waals surface area contributed by atoms with Crippen LogP contribution < -0.4 is 11.1 Å². The SMILES string of the molecule is CCCCCCCCNC(N)=NCC1(N(C)C)CCOCC1.I. The molecule has 1 aliphatic rings. The standard InChI is InChI=1S/C17H36N4O.HI/c1-4-5-6-7-8-9-12-19-16(18)20-15-17(21(2)3)10-13-22-14-11-17;/h4-15H2,1-3H3,(H3,18,19,20);1H. The first-order chi connectivity index (χ1) is 10.6. The molecule has 0 saturated carbocycles. The molecule has 0 spiro atoms. The van der Waals surface area contributed by atoms with Gasteiger partial charge in [-0.1, -0.05) is 39.0 Å². The van der Waals surface area contributed by atoms with Gasteiger partial charge in [0.15, 0.2) is 5.96 Å². The number of unbranched alkanes of at least 4 members (excludes halogenated alkanes) is 5. The average Bonchev–Trinajstić information content (AvgIpc) is 2.53. The molecule has 0 aromatic heterocycles. The average molecular weight is 440 g/mol. The Morgan fingerprint density at radius 2 is 1.74 bits per heavy atom. The molecule has 0 unspecified atom stereocenters. The van der Waals surface area contributed by atoms with Crippen molar-refractivity contribution in [3.8, 4) is 0 Å². The lowest BCUT2D eigenvalue weighted by atomic mass is 9.89. The number of nitrogens with zero attached hydrogens (tertiary/aromatic N) is 2. The van der Waals surface area contributed by atoms with E-state index >= 15 is 0 Å². The van der Waals surface area contributed by atoms with Crippen molar-refractivity contribution in [2.24, 2.45) is 10.7 Å². The third-order valence-corrected chi connectivity index (χ3v) is 4.75. The van der Waals surface area contributed by atoms with Crippen molar-refractivity contribution < 1.29 is 4.74 Å². The van der Waals surface area contributed by atoms with Crippen molar-refractivity contribution in [1.29, 1.82) is 0 Å². The number of halogens is 1. The van der Waals surface area contributed by atoms with E-state index in [1.54, 1.807) is 0 Å². The summed E-state index contributed by atoms with van der Waals surface area (Å²) in [5.41, 5.74) is 6.10. The Labute approximate surface area is 159 Å². The van der Waals surface area contributed by atoms with Crippen molar-refractivity contribution in [3.63, 3.8) is 0 Å². The highest BCUT2D eigenvalue weighted by molar-refractivity contribution is 14.0. The van der Waals surface area contributed by atoms with Crippen LogP contribution >= 0.6 is 24.0 Å². The minimum Gasteiger partial charge on any atom is -0.381 e. The molecule has 0 amide bonds. The van der Waals surface area contributed by atoms with Gasteiger partial charge in [0.05, 0.1) is 6.54 Å². The van der Waals surface area contributed by atoms with Gasteiger partial charge in [0.1, 0.15) is 0 Å². The van der Waals surface area contributed by atoms with Crippen LogP contribution in [0.1, 0.15) is 58.3 Å². The zero-order chi connectivity index (χ0) is 16.3. The number of nitrogens with one attached hydrogen (secondary N) is 1. The van der Waals surface area contributed by atoms with E-state index in [4.69, 9.17) is 10.5 Å². The molecule has 0 aliphatic carbocycles. The summed E-state index contributed by atoms with van der Waals surface area (Å²) < 4.78 is 5.48. The first kappa shape index (κ1) is 22.9. The summed E-state index contributed by atoms with van der Waals surface area (Å²) >= 11 is 0. The van der Waals surface area contributed by atoms with Gasteiger partial charge < -0.3 is 20.7 Å². The monoisotopic (exact) mass is 440 g/mol. The first-order valence-corrected chi connectivity index (χ1v) is 8.90. The maximum atomic E-state index is 6.00. The van der Waals surface area contributed by atoms with Gasteiger partial charge >= 0.3 is 0 Å². The fourth-order valence-corrected chi connectivity index (χ4v) is 2.91. The molecule has 6 heteroatoms. The van der Waals surface area contributed by atoms with Gasteiger partial charge in [-0.3, -0.25) is 4.99 Å². The van der Waals surface area contributed by atoms with E-state index in [1.807, 2.05) is 0 Å². The van der Waals surface area contributed by atoms with E-state index in [2.05, 4.69) is 36.2 Å². The number of aliphatic imine (C=N–C) groups is 1. The van der Waals surface area contributed by atoms with E-state index in [1.165, 1.54) is 38.5 Å². The van der Waals surface area contributed by atoms with E-state index in [0.29, 0.717) is 5.96 Å². The highest BCUT2D eigenvalue weighted by Gasteiger charge is 2.34. The Balaban J connectivity index is 0.00000484. The second kappa shape index (κ2) is 13.2. The molecule has 23 heavy (non-hydrogen) atoms. The smallest absolute Gasteiger partial charge is 0.188 e. The quantitative estimate of drug-likeness (QED) is 0.237. The highest BCUT2D eigenvalue weighted by atomic mass is 127. The van der Waals surface area contributed by atoms with Gasteiger partial charge in [-0.05, 0) is 33.4 Å². The maximum Gasteiger partial charge on any atom is 0.188 e. The van der Waals surface area contributed by atoms with Crippen molar-refractivity contribution in [2.75, 3.05) is 40.4 Å². The number of nitrogens with two attached hydrogens (primary N) is 1. The van der Waals surface area contributed by atoms with Crippen molar-refractivity contribution in [2.45, 2.75) is 63.8 Å². The Hall–Kier alpha value is -0.0800. The second-order valence-electron chi connectivity index (χ2n) is 6.63. The fourth-order valence-electron chi connectivity index (χ4n) is 2.91. The Morgan fingerprint density at radius 1 is 1.13 bits per heavy atom. The van der Waals surface area contributed by atoms with Gasteiger partial charge in [-0.15, -0.1) is 24.0 Å². The minimum absolute atomic E-state index is 0. The summed E-state index contributed by atoms with van der Waals surface area (Å²) in [6.07, 6.45) is 9.84. The van der Waals surface area contributed by atoms with Crippen molar-refractivity contribution >= 4 is 29.9 Å². The molecule has 1 rings (SSSR count). The summed E-state index contributed by atoms with van der Waals surface area (Å²) in [5, 5.41) is 3.25. The second-order valence-corrected chi connectivity index (χ2v) is 6.63. The molecule has 1 heterocycles. The normalized spacial score (nSPS) is 17.8. The third-order valence-electron chi connectivity index (χ3n) is 4.75. The molecule has 1 fully saturated rings. The molecule has 0 aromatic rings. The lowest BCUT2D eigenvalue weighted by Crippen LogP contribution is -2.51. The molecule has 0 radical (unpaired) electrons. The summed E-state index contributed by atoms with van der Waals surface area (Å²) in [5.74, 6) is 0.585. The molecule has 1 aliphatic heterocycles. The number of ether oxygens (including phenoxy) is 1. The van der Waals surface area contributed by atoms with Crippen molar-refractivity contribution in [3.05, 3.63) is 0 Å². The zero-order valence-corrected chi connectivity index (χ0v) is 17.6. The Kier molecular flexibility index (Phi) is 13.2. The summed E-state index contributed by atoms with van der Waals surface area (Å²) in [7, 11) is 4.25. The van der Waals surface area contributed by atoms with Crippen LogP contribution in [0.4, 0.5) is 0 Å². The maximum absolute atomic E-state index is 6.00. The molecular formula is C17H37IN4O. The fraction of sp³-hybridized carbons (Fsp3) is 0.941. The van der Waals surface area contributed by atoms with Crippen molar-refractivity contribution in [1.82, 2.24) is 10.2 Å². The van der Waals surface area contributed by atoms with Gasteiger partial charge in [0.25, 0.3) is 0 Å². The molecule has 0 aromatic carbocycles. The topological polar surface area (TPSA) is 62.9 Å². The van der Waals surface area contributed by atoms with E-state index in [-0.39, 0.29) is 29.5 Å². The Bertz CT molecular complexity index is 318. The van der Waals surface area contributed by atoms with E-state index < -0.39 is 0 Å². The van der Waals surface area contributed by atoms with Crippen LogP contribution in [0.2, 0.25) is 0 Å². The third kappa shape index (κ3) is 9.10. The van der Waals surface area contributed by atoms with Crippen LogP contribution in [0.3, 0.4) is 0 Å². The van der Waals surface area contributed by atoms with Crippen LogP contribution in [0.5, 0.6) is 0 Å². The van der Waals surface area contributed by atoms with Gasteiger partial charge in [0.2, 0.25) is 0 Å². The van der Waals surface area contributed by atoms with Crippen LogP contribution in [-0.4, -0.2) is 56.8 Å².